The molecule has 0 amide bonds. The van der Waals surface area contributed by atoms with E-state index >= 15 is 0 Å². The van der Waals surface area contributed by atoms with Crippen molar-refractivity contribution in [1.29, 1.82) is 0 Å². The van der Waals surface area contributed by atoms with Crippen LogP contribution in [0, 0.1) is 0 Å². The van der Waals surface area contributed by atoms with Crippen LogP contribution in [0.25, 0.3) is 0 Å². The molecule has 0 saturated heterocycles. The highest BCUT2D eigenvalue weighted by Gasteiger charge is 1.81. The minimum Gasteiger partial charge on any atom is -1.00 e. The summed E-state index contributed by atoms with van der Waals surface area (Å²) in [5, 5.41) is 0. The van der Waals surface area contributed by atoms with Crippen molar-refractivity contribution in [3.63, 3.8) is 0 Å². The molecular formula is C7H15IN2. The van der Waals surface area contributed by atoms with Gasteiger partial charge in [-0.1, -0.05) is 0 Å². The van der Waals surface area contributed by atoms with Crippen LogP contribution in [0.5, 0.6) is 0 Å². The monoisotopic (exact) mass is 254 g/mol. The number of likely N-dealkylation sites (N-methyl/N-ethyl adjacent to an activating group) is 1. The maximum absolute atomic E-state index is 3.04. The molecule has 0 spiro atoms. The molecule has 0 heterocycles. The molecule has 0 aromatic rings. The number of nitrogens with zero attached hydrogens (tertiary/aromatic N) is 2. The van der Waals surface area contributed by atoms with Gasteiger partial charge in [0.1, 0.15) is 14.1 Å². The number of rotatable bonds is 2. The molecule has 0 fully saturated rings. The molecule has 60 valence electrons. The predicted octanol–water partition coefficient (Wildman–Crippen LogP) is -2.95. The predicted molar refractivity (Wildman–Crippen MR) is 40.2 cm³/mol. The fourth-order valence-electron chi connectivity index (χ4n) is 0.406. The Kier molecular flexibility index (Phi) is 9.27. The second-order valence-electron chi connectivity index (χ2n) is 2.49. The smallest absolute Gasteiger partial charge is 0.163 e. The van der Waals surface area contributed by atoms with Crippen molar-refractivity contribution in [3.8, 4) is 0 Å². The van der Waals surface area contributed by atoms with Crippen LogP contribution >= 0.6 is 0 Å². The molecular weight excluding hydrogens is 239 g/mol. The average molecular weight is 254 g/mol. The Labute approximate surface area is 80.2 Å². The minimum atomic E-state index is 0. The van der Waals surface area contributed by atoms with Crippen molar-refractivity contribution in [2.45, 2.75) is 0 Å². The van der Waals surface area contributed by atoms with Gasteiger partial charge < -0.3 is 28.9 Å². The van der Waals surface area contributed by atoms with Gasteiger partial charge in [0.15, 0.2) is 5.87 Å². The van der Waals surface area contributed by atoms with Crippen LogP contribution < -0.4 is 24.0 Å². The summed E-state index contributed by atoms with van der Waals surface area (Å²) in [7, 11) is 8.00. The lowest BCUT2D eigenvalue weighted by atomic mass is 10.6. The topological polar surface area (TPSA) is 6.25 Å². The molecule has 0 saturated carbocycles. The van der Waals surface area contributed by atoms with Crippen molar-refractivity contribution < 1.29 is 28.6 Å². The van der Waals surface area contributed by atoms with Gasteiger partial charge in [-0.3, -0.25) is 0 Å². The highest BCUT2D eigenvalue weighted by atomic mass is 127. The summed E-state index contributed by atoms with van der Waals surface area (Å²) in [6.07, 6.45) is 2.00. The lowest BCUT2D eigenvalue weighted by Gasteiger charge is -2.00. The molecule has 0 unspecified atom stereocenters. The van der Waals surface area contributed by atoms with E-state index in [1.54, 1.807) is 0 Å². The van der Waals surface area contributed by atoms with Gasteiger partial charge in [-0.15, -0.1) is 0 Å². The third-order valence-corrected chi connectivity index (χ3v) is 0.806. The van der Waals surface area contributed by atoms with Crippen molar-refractivity contribution in [2.24, 2.45) is 0 Å². The highest BCUT2D eigenvalue weighted by Crippen LogP contribution is 1.69. The number of hydrogen-bond donors (Lipinski definition) is 0. The standard InChI is InChI=1S/C7H15N2.HI/c1-8(2)6-5-7-9(3)4;/h5H,6H2,1-4H3;1H/q+1;/p-1. The largest absolute Gasteiger partial charge is 1.00 e. The van der Waals surface area contributed by atoms with E-state index in [0.29, 0.717) is 0 Å². The van der Waals surface area contributed by atoms with Crippen LogP contribution in [0.1, 0.15) is 0 Å². The summed E-state index contributed by atoms with van der Waals surface area (Å²) in [6.45, 7) is 0.957. The lowest BCUT2D eigenvalue weighted by Crippen LogP contribution is -3.00. The first-order chi connectivity index (χ1) is 4.13. The van der Waals surface area contributed by atoms with Crippen LogP contribution in [0.4, 0.5) is 0 Å². The third-order valence-electron chi connectivity index (χ3n) is 0.806. The molecule has 0 aliphatic rings. The van der Waals surface area contributed by atoms with Crippen LogP contribution in [0.3, 0.4) is 0 Å². The van der Waals surface area contributed by atoms with Crippen molar-refractivity contribution in [1.82, 2.24) is 4.90 Å². The zero-order valence-corrected chi connectivity index (χ0v) is 9.21. The molecule has 0 bridgehead atoms. The van der Waals surface area contributed by atoms with Crippen LogP contribution in [0.15, 0.2) is 6.08 Å². The van der Waals surface area contributed by atoms with E-state index in [0.717, 1.165) is 6.54 Å². The molecule has 3 heteroatoms. The van der Waals surface area contributed by atoms with Gasteiger partial charge in [-0.05, 0) is 14.1 Å². The van der Waals surface area contributed by atoms with Gasteiger partial charge in [0, 0.05) is 12.6 Å². The Morgan fingerprint density at radius 3 is 2.20 bits per heavy atom. The Morgan fingerprint density at radius 1 is 1.40 bits per heavy atom. The molecule has 0 aliphatic carbocycles. The van der Waals surface area contributed by atoms with Gasteiger partial charge >= 0.3 is 0 Å². The Bertz CT molecular complexity index is 131. The van der Waals surface area contributed by atoms with E-state index < -0.39 is 0 Å². The summed E-state index contributed by atoms with van der Waals surface area (Å²) in [5.74, 6) is 3.04. The molecule has 0 atom stereocenters. The fourth-order valence-corrected chi connectivity index (χ4v) is 0.406. The summed E-state index contributed by atoms with van der Waals surface area (Å²) in [4.78, 5) is 2.09. The van der Waals surface area contributed by atoms with E-state index in [2.05, 4.69) is 10.8 Å². The van der Waals surface area contributed by atoms with Gasteiger partial charge in [-0.2, -0.15) is 4.58 Å². The molecule has 0 aromatic carbocycles. The first-order valence-electron chi connectivity index (χ1n) is 3.03. The molecule has 0 aromatic heterocycles. The summed E-state index contributed by atoms with van der Waals surface area (Å²) in [5.41, 5.74) is 0. The average Bonchev–Trinajstić information content (AvgIpc) is 1.63. The zero-order chi connectivity index (χ0) is 7.28. The Morgan fingerprint density at radius 2 is 1.90 bits per heavy atom. The number of hydrogen-bond acceptors (Lipinski definition) is 1. The molecule has 2 nitrogen and oxygen atoms in total. The molecule has 0 radical (unpaired) electrons. The zero-order valence-electron chi connectivity index (χ0n) is 7.06. The van der Waals surface area contributed by atoms with E-state index in [9.17, 15) is 0 Å². The van der Waals surface area contributed by atoms with Gasteiger partial charge in [0.25, 0.3) is 0 Å². The molecule has 0 aliphatic heterocycles. The van der Waals surface area contributed by atoms with Gasteiger partial charge in [0.05, 0.1) is 0 Å². The fraction of sp³-hybridized carbons (Fsp3) is 0.714. The lowest BCUT2D eigenvalue weighted by molar-refractivity contribution is -0.456. The van der Waals surface area contributed by atoms with Crippen molar-refractivity contribution in [2.75, 3.05) is 34.7 Å². The van der Waals surface area contributed by atoms with Gasteiger partial charge in [0.2, 0.25) is 0 Å². The highest BCUT2D eigenvalue weighted by molar-refractivity contribution is 5.45. The van der Waals surface area contributed by atoms with Crippen LogP contribution in [-0.2, 0) is 0 Å². The molecule has 0 rings (SSSR count). The van der Waals surface area contributed by atoms with Gasteiger partial charge in [-0.25, -0.2) is 0 Å². The van der Waals surface area contributed by atoms with E-state index in [-0.39, 0.29) is 24.0 Å². The van der Waals surface area contributed by atoms with Crippen molar-refractivity contribution in [3.05, 3.63) is 6.08 Å². The SMILES string of the molecule is CN(C)CC=C=[N+](C)C.[I-]. The normalized spacial score (nSPS) is 8.10. The summed E-state index contributed by atoms with van der Waals surface area (Å²) >= 11 is 0. The summed E-state index contributed by atoms with van der Waals surface area (Å²) < 4.78 is 1.91. The molecule has 0 N–H and O–H groups in total. The van der Waals surface area contributed by atoms with E-state index in [1.165, 1.54) is 0 Å². The quantitative estimate of drug-likeness (QED) is 0.290. The van der Waals surface area contributed by atoms with E-state index in [4.69, 9.17) is 0 Å². The molecule has 10 heavy (non-hydrogen) atoms. The maximum atomic E-state index is 3.04. The maximum Gasteiger partial charge on any atom is 0.163 e. The number of halogens is 1. The summed E-state index contributed by atoms with van der Waals surface area (Å²) in [6, 6.07) is 0. The Balaban J connectivity index is 0. The van der Waals surface area contributed by atoms with Crippen LogP contribution in [0.2, 0.25) is 0 Å². The third kappa shape index (κ3) is 11.0. The first-order valence-corrected chi connectivity index (χ1v) is 3.03. The van der Waals surface area contributed by atoms with E-state index in [1.807, 2.05) is 38.8 Å². The Hall–Kier alpha value is 0.140. The first kappa shape index (κ1) is 12.8. The van der Waals surface area contributed by atoms with Crippen LogP contribution in [-0.4, -0.2) is 50.1 Å². The second-order valence-corrected chi connectivity index (χ2v) is 2.49. The minimum absolute atomic E-state index is 0. The second kappa shape index (κ2) is 7.25. The van der Waals surface area contributed by atoms with Crippen molar-refractivity contribution >= 4 is 5.87 Å².